The van der Waals surface area contributed by atoms with Gasteiger partial charge in [0.25, 0.3) is 11.8 Å². The number of ether oxygens (including phenoxy) is 1. The molecule has 148 valence electrons. The number of urea groups is 1. The summed E-state index contributed by atoms with van der Waals surface area (Å²) < 4.78 is 4.92. The zero-order valence-electron chi connectivity index (χ0n) is 15.7. The Balaban J connectivity index is 2.63. The van der Waals surface area contributed by atoms with Crippen LogP contribution in [-0.4, -0.2) is 42.5 Å². The van der Waals surface area contributed by atoms with Crippen LogP contribution in [0.5, 0.6) is 0 Å². The topological polar surface area (TPSA) is 114 Å². The average Bonchev–Trinajstić information content (AvgIpc) is 2.56. The molecule has 0 fully saturated rings. The van der Waals surface area contributed by atoms with Crippen molar-refractivity contribution in [1.29, 1.82) is 0 Å². The third-order valence-corrected chi connectivity index (χ3v) is 3.67. The summed E-state index contributed by atoms with van der Waals surface area (Å²) in [6.07, 6.45) is 0. The molecule has 0 aliphatic heterocycles. The van der Waals surface area contributed by atoms with Crippen LogP contribution in [0.25, 0.3) is 0 Å². The first-order valence-corrected chi connectivity index (χ1v) is 8.82. The van der Waals surface area contributed by atoms with E-state index in [1.165, 1.54) is 6.07 Å². The lowest BCUT2D eigenvalue weighted by atomic mass is 10.0. The summed E-state index contributed by atoms with van der Waals surface area (Å²) in [4.78, 5) is 47.7. The quantitative estimate of drug-likeness (QED) is 0.608. The molecule has 4 amide bonds. The molecule has 0 aliphatic carbocycles. The molecule has 8 nitrogen and oxygen atoms in total. The van der Waals surface area contributed by atoms with Gasteiger partial charge in [-0.3, -0.25) is 14.9 Å². The lowest BCUT2D eigenvalue weighted by Gasteiger charge is -2.21. The van der Waals surface area contributed by atoms with E-state index in [9.17, 15) is 19.2 Å². The van der Waals surface area contributed by atoms with Crippen molar-refractivity contribution in [3.8, 4) is 0 Å². The van der Waals surface area contributed by atoms with Crippen molar-refractivity contribution in [2.45, 2.75) is 39.8 Å². The summed E-state index contributed by atoms with van der Waals surface area (Å²) in [5, 5.41) is 7.32. The van der Waals surface area contributed by atoms with Crippen molar-refractivity contribution in [3.05, 3.63) is 34.9 Å². The van der Waals surface area contributed by atoms with Gasteiger partial charge in [-0.05, 0) is 31.9 Å². The van der Waals surface area contributed by atoms with E-state index in [4.69, 9.17) is 16.3 Å². The summed E-state index contributed by atoms with van der Waals surface area (Å²) in [7, 11) is 0. The molecule has 0 saturated carbocycles. The summed E-state index contributed by atoms with van der Waals surface area (Å²) in [6.45, 7) is 6.26. The summed E-state index contributed by atoms with van der Waals surface area (Å²) >= 11 is 5.98. The van der Waals surface area contributed by atoms with Gasteiger partial charge >= 0.3 is 12.0 Å². The Hall–Kier alpha value is -2.61. The molecule has 0 aliphatic rings. The smallest absolute Gasteiger partial charge is 0.329 e. The molecule has 1 rings (SSSR count). The average molecular weight is 398 g/mol. The highest BCUT2D eigenvalue weighted by molar-refractivity contribution is 6.33. The van der Waals surface area contributed by atoms with Gasteiger partial charge in [0.05, 0.1) is 10.6 Å². The van der Waals surface area contributed by atoms with Crippen LogP contribution in [-0.2, 0) is 14.3 Å². The normalized spacial score (nSPS) is 11.7. The number of hydrogen-bond donors (Lipinski definition) is 3. The van der Waals surface area contributed by atoms with E-state index in [2.05, 4.69) is 10.6 Å². The van der Waals surface area contributed by atoms with E-state index in [0.29, 0.717) is 0 Å². The Kier molecular flexibility index (Phi) is 8.74. The number of carbonyl (C=O) groups excluding carboxylic acids is 4. The van der Waals surface area contributed by atoms with Gasteiger partial charge in [0.2, 0.25) is 0 Å². The standard InChI is InChI=1S/C18H24ClN3O5/c1-10(2)15(22-16(24)12-7-5-6-8-13(12)19)17(25)27-9-14(23)21-18(26)20-11(3)4/h5-8,10-11,15H,9H2,1-4H3,(H,22,24)(H2,20,21,23,26)/t15-/m0/s1. The second-order valence-corrected chi connectivity index (χ2v) is 6.87. The molecule has 0 saturated heterocycles. The van der Waals surface area contributed by atoms with Crippen molar-refractivity contribution in [2.75, 3.05) is 6.61 Å². The molecular formula is C18H24ClN3O5. The first-order valence-electron chi connectivity index (χ1n) is 8.44. The van der Waals surface area contributed by atoms with Crippen molar-refractivity contribution >= 4 is 35.4 Å². The minimum atomic E-state index is -0.980. The van der Waals surface area contributed by atoms with Crippen LogP contribution >= 0.6 is 11.6 Å². The molecule has 0 unspecified atom stereocenters. The van der Waals surface area contributed by atoms with Crippen LogP contribution in [0.2, 0.25) is 5.02 Å². The number of imide groups is 1. The van der Waals surface area contributed by atoms with Gasteiger partial charge in [0.1, 0.15) is 6.04 Å². The third kappa shape index (κ3) is 7.65. The number of nitrogens with one attached hydrogen (secondary N) is 3. The van der Waals surface area contributed by atoms with Gasteiger partial charge in [0, 0.05) is 6.04 Å². The number of halogens is 1. The zero-order chi connectivity index (χ0) is 20.6. The van der Waals surface area contributed by atoms with Crippen molar-refractivity contribution in [1.82, 2.24) is 16.0 Å². The minimum Gasteiger partial charge on any atom is -0.454 e. The predicted molar refractivity (Wildman–Crippen MR) is 100 cm³/mol. The van der Waals surface area contributed by atoms with E-state index in [1.54, 1.807) is 45.9 Å². The Bertz CT molecular complexity index is 706. The van der Waals surface area contributed by atoms with Crippen molar-refractivity contribution in [2.24, 2.45) is 5.92 Å². The minimum absolute atomic E-state index is 0.148. The first-order chi connectivity index (χ1) is 12.6. The number of amides is 4. The predicted octanol–water partition coefficient (Wildman–Crippen LogP) is 1.87. The molecular weight excluding hydrogens is 374 g/mol. The number of hydrogen-bond acceptors (Lipinski definition) is 5. The molecule has 1 aromatic carbocycles. The van der Waals surface area contributed by atoms with E-state index >= 15 is 0 Å². The van der Waals surface area contributed by atoms with Gasteiger partial charge in [-0.1, -0.05) is 37.6 Å². The molecule has 3 N–H and O–H groups in total. The van der Waals surface area contributed by atoms with Crippen LogP contribution in [0, 0.1) is 5.92 Å². The Labute approximate surface area is 163 Å². The van der Waals surface area contributed by atoms with E-state index < -0.39 is 36.5 Å². The molecule has 0 bridgehead atoms. The number of esters is 1. The number of rotatable bonds is 7. The molecule has 27 heavy (non-hydrogen) atoms. The van der Waals surface area contributed by atoms with Crippen molar-refractivity contribution in [3.63, 3.8) is 0 Å². The molecule has 0 radical (unpaired) electrons. The molecule has 0 heterocycles. The summed E-state index contributed by atoms with van der Waals surface area (Å²) in [6, 6.07) is 4.61. The fraction of sp³-hybridized carbons (Fsp3) is 0.444. The van der Waals surface area contributed by atoms with E-state index in [1.807, 2.05) is 5.32 Å². The maximum atomic E-state index is 12.3. The van der Waals surface area contributed by atoms with Gasteiger partial charge in [-0.25, -0.2) is 9.59 Å². The molecule has 0 aromatic heterocycles. The second-order valence-electron chi connectivity index (χ2n) is 6.46. The molecule has 1 atom stereocenters. The molecule has 9 heteroatoms. The first kappa shape index (κ1) is 22.4. The maximum Gasteiger partial charge on any atom is 0.329 e. The SMILES string of the molecule is CC(C)NC(=O)NC(=O)COC(=O)[C@@H](NC(=O)c1ccccc1Cl)C(C)C. The highest BCUT2D eigenvalue weighted by Crippen LogP contribution is 2.15. The highest BCUT2D eigenvalue weighted by Gasteiger charge is 2.27. The van der Waals surface area contributed by atoms with Gasteiger partial charge < -0.3 is 15.4 Å². The molecule has 1 aromatic rings. The van der Waals surface area contributed by atoms with Crippen LogP contribution < -0.4 is 16.0 Å². The Morgan fingerprint density at radius 3 is 2.22 bits per heavy atom. The number of benzene rings is 1. The van der Waals surface area contributed by atoms with Crippen LogP contribution in [0.3, 0.4) is 0 Å². The number of carbonyl (C=O) groups is 4. The third-order valence-electron chi connectivity index (χ3n) is 3.34. The van der Waals surface area contributed by atoms with Crippen LogP contribution in [0.1, 0.15) is 38.1 Å². The largest absolute Gasteiger partial charge is 0.454 e. The summed E-state index contributed by atoms with van der Waals surface area (Å²) in [5.41, 5.74) is 0.223. The van der Waals surface area contributed by atoms with Crippen LogP contribution in [0.4, 0.5) is 4.79 Å². The van der Waals surface area contributed by atoms with Gasteiger partial charge in [-0.2, -0.15) is 0 Å². The monoisotopic (exact) mass is 397 g/mol. The fourth-order valence-corrected chi connectivity index (χ4v) is 2.27. The van der Waals surface area contributed by atoms with Gasteiger partial charge in [0.15, 0.2) is 6.61 Å². The van der Waals surface area contributed by atoms with E-state index in [-0.39, 0.29) is 22.5 Å². The maximum absolute atomic E-state index is 12.3. The fourth-order valence-electron chi connectivity index (χ4n) is 2.05. The molecule has 0 spiro atoms. The Morgan fingerprint density at radius 1 is 1.04 bits per heavy atom. The zero-order valence-corrected chi connectivity index (χ0v) is 16.4. The van der Waals surface area contributed by atoms with Gasteiger partial charge in [-0.15, -0.1) is 0 Å². The summed E-state index contributed by atoms with van der Waals surface area (Å²) in [5.74, 6) is -2.39. The highest BCUT2D eigenvalue weighted by atomic mass is 35.5. The van der Waals surface area contributed by atoms with E-state index in [0.717, 1.165) is 0 Å². The van der Waals surface area contributed by atoms with Crippen LogP contribution in [0.15, 0.2) is 24.3 Å². The lowest BCUT2D eigenvalue weighted by molar-refractivity contribution is -0.151. The lowest BCUT2D eigenvalue weighted by Crippen LogP contribution is -2.47. The Morgan fingerprint density at radius 2 is 1.67 bits per heavy atom. The second kappa shape index (κ2) is 10.5. The van der Waals surface area contributed by atoms with Crippen molar-refractivity contribution < 1.29 is 23.9 Å².